The first-order valence-electron chi connectivity index (χ1n) is 14.8. The van der Waals surface area contributed by atoms with Gasteiger partial charge < -0.3 is 18.8 Å². The number of aromatic nitrogens is 2. The maximum Gasteiger partial charge on any atom is 0.445 e. The zero-order valence-corrected chi connectivity index (χ0v) is 27.7. The molecule has 240 valence electrons. The van der Waals surface area contributed by atoms with Crippen molar-refractivity contribution >= 4 is 37.9 Å². The molecule has 45 heavy (non-hydrogen) atoms. The summed E-state index contributed by atoms with van der Waals surface area (Å²) in [5.74, 6) is 1.10. The Hall–Kier alpha value is -4.00. The van der Waals surface area contributed by atoms with Crippen LogP contribution in [0.2, 0.25) is 0 Å². The van der Waals surface area contributed by atoms with Crippen LogP contribution in [0.5, 0.6) is 5.88 Å². The number of carbonyl (C=O) groups is 2. The summed E-state index contributed by atoms with van der Waals surface area (Å²) < 4.78 is 45.9. The molecule has 2 aromatic heterocycles. The fraction of sp³-hybridized carbons (Fsp3) is 0.364. The second kappa shape index (κ2) is 15.3. The van der Waals surface area contributed by atoms with Gasteiger partial charge in [-0.25, -0.2) is 4.79 Å². The number of anilines is 1. The average molecular weight is 654 g/mol. The zero-order chi connectivity index (χ0) is 32.6. The Morgan fingerprint density at radius 1 is 1.07 bits per heavy atom. The fourth-order valence-electron chi connectivity index (χ4n) is 4.57. The van der Waals surface area contributed by atoms with Crippen molar-refractivity contribution in [3.8, 4) is 28.4 Å². The van der Waals surface area contributed by atoms with E-state index in [2.05, 4.69) is 23.6 Å². The minimum atomic E-state index is -4.40. The van der Waals surface area contributed by atoms with E-state index in [0.717, 1.165) is 40.7 Å². The molecule has 0 fully saturated rings. The Kier molecular flexibility index (Phi) is 11.5. The number of thiophene rings is 1. The Bertz CT molecular complexity index is 1700. The van der Waals surface area contributed by atoms with Crippen molar-refractivity contribution < 1.29 is 32.2 Å². The molecule has 2 heterocycles. The molecule has 0 bridgehead atoms. The van der Waals surface area contributed by atoms with E-state index >= 15 is 0 Å². The van der Waals surface area contributed by atoms with E-state index in [-0.39, 0.29) is 18.2 Å². The van der Waals surface area contributed by atoms with E-state index in [0.29, 0.717) is 35.3 Å². The van der Waals surface area contributed by atoms with Gasteiger partial charge in [0.1, 0.15) is 16.5 Å². The largest absolute Gasteiger partial charge is 0.453 e. The molecule has 10 nitrogen and oxygen atoms in total. The number of hydrogen-bond acceptors (Lipinski definition) is 9. The second-order valence-electron chi connectivity index (χ2n) is 10.9. The normalized spacial score (nSPS) is 12.2. The number of rotatable bonds is 15. The summed E-state index contributed by atoms with van der Waals surface area (Å²) in [7, 11) is -2.89. The third kappa shape index (κ3) is 8.59. The standard InChI is InChI=1S/C33H39N3O7S2/c1-6-7-17-42-33(38)45(39,40)35-32-28(19-27(44-32)18-22(2)3)25-15-13-24(14-16-25)20-36-29(21-37)31(43-23(4)41-5)34-30(36)26-11-9-8-10-12-26/h8-16,19,21-23,35H,6-7,17-18,20H2,1-5H3. The lowest BCUT2D eigenvalue weighted by molar-refractivity contribution is -0.0410. The molecule has 0 aliphatic carbocycles. The zero-order valence-electron chi connectivity index (χ0n) is 26.1. The number of imidazole rings is 1. The summed E-state index contributed by atoms with van der Waals surface area (Å²) in [5, 5.41) is -0.941. The highest BCUT2D eigenvalue weighted by atomic mass is 32.2. The number of methoxy groups -OCH3 is 1. The molecule has 0 radical (unpaired) electrons. The maximum atomic E-state index is 12.8. The average Bonchev–Trinajstić information content (AvgIpc) is 3.56. The van der Waals surface area contributed by atoms with Gasteiger partial charge in [0, 0.05) is 29.7 Å². The molecule has 0 spiro atoms. The number of ether oxygens (including phenoxy) is 3. The van der Waals surface area contributed by atoms with Crippen LogP contribution in [0.3, 0.4) is 0 Å². The molecule has 4 aromatic rings. The molecule has 4 rings (SSSR count). The van der Waals surface area contributed by atoms with Crippen LogP contribution in [0.1, 0.15) is 61.5 Å². The van der Waals surface area contributed by atoms with Crippen LogP contribution >= 0.6 is 11.3 Å². The van der Waals surface area contributed by atoms with Crippen molar-refractivity contribution in [2.24, 2.45) is 5.92 Å². The van der Waals surface area contributed by atoms with Gasteiger partial charge in [-0.05, 0) is 42.9 Å². The molecule has 1 atom stereocenters. The number of nitrogens with zero attached hydrogens (tertiary/aromatic N) is 2. The molecular weight excluding hydrogens is 615 g/mol. The molecule has 0 aliphatic rings. The first kappa shape index (κ1) is 33.9. The van der Waals surface area contributed by atoms with Crippen LogP contribution in [0.15, 0.2) is 60.7 Å². The minimum Gasteiger partial charge on any atom is -0.453 e. The molecule has 1 unspecified atom stereocenters. The van der Waals surface area contributed by atoms with Crippen LogP contribution in [0.4, 0.5) is 9.80 Å². The Morgan fingerprint density at radius 3 is 2.40 bits per heavy atom. The quantitative estimate of drug-likeness (QED) is 0.0609. The van der Waals surface area contributed by atoms with Crippen molar-refractivity contribution in [3.63, 3.8) is 0 Å². The summed E-state index contributed by atoms with van der Waals surface area (Å²) >= 11 is 1.30. The van der Waals surface area contributed by atoms with Crippen LogP contribution < -0.4 is 9.46 Å². The first-order chi connectivity index (χ1) is 21.6. The highest BCUT2D eigenvalue weighted by molar-refractivity contribution is 8.07. The maximum absolute atomic E-state index is 12.8. The summed E-state index contributed by atoms with van der Waals surface area (Å²) in [6.45, 7) is 8.18. The monoisotopic (exact) mass is 653 g/mol. The molecule has 0 saturated heterocycles. The Balaban J connectivity index is 1.66. The summed E-state index contributed by atoms with van der Waals surface area (Å²) in [6, 6.07) is 19.1. The fourth-order valence-corrected chi connectivity index (χ4v) is 6.88. The number of carbonyl (C=O) groups excluding carboxylic acids is 2. The Morgan fingerprint density at radius 2 is 1.78 bits per heavy atom. The number of benzene rings is 2. The lowest BCUT2D eigenvalue weighted by atomic mass is 10.0. The van der Waals surface area contributed by atoms with E-state index in [4.69, 9.17) is 14.2 Å². The number of hydrogen-bond donors (Lipinski definition) is 1. The molecule has 2 aromatic carbocycles. The van der Waals surface area contributed by atoms with Gasteiger partial charge in [0.05, 0.1) is 6.61 Å². The third-order valence-corrected chi connectivity index (χ3v) is 9.12. The van der Waals surface area contributed by atoms with Gasteiger partial charge in [-0.1, -0.05) is 81.8 Å². The Labute approximate surface area is 268 Å². The van der Waals surface area contributed by atoms with Crippen molar-refractivity contribution in [2.75, 3.05) is 18.4 Å². The number of aldehydes is 1. The van der Waals surface area contributed by atoms with E-state index in [1.165, 1.54) is 18.4 Å². The summed E-state index contributed by atoms with van der Waals surface area (Å²) in [6.07, 6.45) is 2.22. The predicted molar refractivity (Wildman–Crippen MR) is 176 cm³/mol. The molecule has 12 heteroatoms. The van der Waals surface area contributed by atoms with Gasteiger partial charge in [0.2, 0.25) is 5.88 Å². The number of sulfonamides is 1. The van der Waals surface area contributed by atoms with Gasteiger partial charge in [0.25, 0.3) is 0 Å². The van der Waals surface area contributed by atoms with Crippen LogP contribution in [0.25, 0.3) is 22.5 Å². The minimum absolute atomic E-state index is 0.0430. The number of nitrogens with one attached hydrogen (secondary N) is 1. The van der Waals surface area contributed by atoms with E-state index in [1.807, 2.05) is 67.6 Å². The highest BCUT2D eigenvalue weighted by Gasteiger charge is 2.27. The van der Waals surface area contributed by atoms with Crippen molar-refractivity contribution in [3.05, 3.63) is 76.8 Å². The summed E-state index contributed by atoms with van der Waals surface area (Å²) in [5.41, 5.74) is 3.41. The molecule has 0 aliphatic heterocycles. The van der Waals surface area contributed by atoms with Crippen LogP contribution in [-0.2, 0) is 32.5 Å². The lowest BCUT2D eigenvalue weighted by Gasteiger charge is -2.12. The second-order valence-corrected chi connectivity index (χ2v) is 13.6. The third-order valence-electron chi connectivity index (χ3n) is 6.89. The van der Waals surface area contributed by atoms with Crippen LogP contribution in [-0.4, -0.2) is 49.6 Å². The topological polar surface area (TPSA) is 126 Å². The lowest BCUT2D eigenvalue weighted by Crippen LogP contribution is -2.24. The molecule has 1 N–H and O–H groups in total. The molecule has 0 amide bonds. The van der Waals surface area contributed by atoms with Crippen molar-refractivity contribution in [2.45, 2.75) is 59.8 Å². The van der Waals surface area contributed by atoms with E-state index in [9.17, 15) is 18.0 Å². The SMILES string of the molecule is CCCCOC(=O)S(=O)(=O)Nc1sc(CC(C)C)cc1-c1ccc(Cn2c(-c3ccccc3)nc(OC(C)OC)c2C=O)cc1. The van der Waals surface area contributed by atoms with E-state index < -0.39 is 21.6 Å². The molecular formula is C33H39N3O7S2. The van der Waals surface area contributed by atoms with Gasteiger partial charge >= 0.3 is 15.3 Å². The van der Waals surface area contributed by atoms with Crippen LogP contribution in [0, 0.1) is 5.92 Å². The van der Waals surface area contributed by atoms with Gasteiger partial charge in [-0.15, -0.1) is 11.3 Å². The van der Waals surface area contributed by atoms with Crippen molar-refractivity contribution in [1.29, 1.82) is 0 Å². The smallest absolute Gasteiger partial charge is 0.445 e. The predicted octanol–water partition coefficient (Wildman–Crippen LogP) is 7.39. The highest BCUT2D eigenvalue weighted by Crippen LogP contribution is 2.38. The summed E-state index contributed by atoms with van der Waals surface area (Å²) in [4.78, 5) is 30.2. The first-order valence-corrected chi connectivity index (χ1v) is 17.1. The van der Waals surface area contributed by atoms with E-state index in [1.54, 1.807) is 11.5 Å². The van der Waals surface area contributed by atoms with Gasteiger partial charge in [-0.3, -0.25) is 9.52 Å². The molecule has 0 saturated carbocycles. The van der Waals surface area contributed by atoms with Crippen molar-refractivity contribution in [1.82, 2.24) is 9.55 Å². The van der Waals surface area contributed by atoms with Gasteiger partial charge in [0.15, 0.2) is 12.6 Å². The number of unbranched alkanes of at least 4 members (excludes halogenated alkanes) is 1. The van der Waals surface area contributed by atoms with Gasteiger partial charge in [-0.2, -0.15) is 13.4 Å².